The van der Waals surface area contributed by atoms with Crippen LogP contribution in [0.15, 0.2) is 0 Å². The van der Waals surface area contributed by atoms with Crippen molar-refractivity contribution in [2.24, 2.45) is 5.41 Å². The molecular formula is C9H23ClO2Si2. The lowest BCUT2D eigenvalue weighted by atomic mass is 9.87. The second kappa shape index (κ2) is 7.87. The summed E-state index contributed by atoms with van der Waals surface area (Å²) in [5.41, 5.74) is 0.112. The molecule has 0 unspecified atom stereocenters. The van der Waals surface area contributed by atoms with Crippen molar-refractivity contribution in [2.45, 2.75) is 46.1 Å². The molecule has 0 bridgehead atoms. The van der Waals surface area contributed by atoms with Gasteiger partial charge in [0.1, 0.15) is 6.29 Å². The van der Waals surface area contributed by atoms with Crippen LogP contribution < -0.4 is 0 Å². The SMILES string of the molecule is C[SiH2]OC(O[SiH2]C)C(C)(C)CCCCl. The fourth-order valence-corrected chi connectivity index (χ4v) is 3.47. The van der Waals surface area contributed by atoms with Gasteiger partial charge in [0.25, 0.3) is 0 Å². The number of hydrogen-bond acceptors (Lipinski definition) is 2. The van der Waals surface area contributed by atoms with Crippen LogP contribution in [-0.2, 0) is 8.85 Å². The molecule has 0 spiro atoms. The zero-order valence-electron chi connectivity index (χ0n) is 9.81. The monoisotopic (exact) mass is 254 g/mol. The summed E-state index contributed by atoms with van der Waals surface area (Å²) >= 11 is 5.70. The molecule has 0 aromatic heterocycles. The molecule has 0 aromatic rings. The van der Waals surface area contributed by atoms with E-state index in [4.69, 9.17) is 20.5 Å². The average molecular weight is 255 g/mol. The zero-order chi connectivity index (χ0) is 11.0. The highest BCUT2D eigenvalue weighted by Gasteiger charge is 2.29. The fraction of sp³-hybridized carbons (Fsp3) is 1.00. The Kier molecular flexibility index (Phi) is 8.24. The Morgan fingerprint density at radius 2 is 1.71 bits per heavy atom. The molecule has 0 aliphatic carbocycles. The Morgan fingerprint density at radius 3 is 2.07 bits per heavy atom. The van der Waals surface area contributed by atoms with Gasteiger partial charge in [-0.25, -0.2) is 0 Å². The van der Waals surface area contributed by atoms with E-state index in [1.165, 1.54) is 0 Å². The highest BCUT2D eigenvalue weighted by atomic mass is 35.5. The van der Waals surface area contributed by atoms with Crippen LogP contribution in [0.4, 0.5) is 0 Å². The topological polar surface area (TPSA) is 18.5 Å². The van der Waals surface area contributed by atoms with Crippen LogP contribution in [0.25, 0.3) is 0 Å². The first-order valence-corrected chi connectivity index (χ1v) is 9.89. The summed E-state index contributed by atoms with van der Waals surface area (Å²) in [6.45, 7) is 8.70. The minimum absolute atomic E-state index is 0.0130. The third kappa shape index (κ3) is 5.51. The number of rotatable bonds is 8. The second-order valence-corrected chi connectivity index (χ2v) is 6.22. The molecule has 0 amide bonds. The number of hydrogen-bond donors (Lipinski definition) is 0. The third-order valence-electron chi connectivity index (χ3n) is 2.23. The van der Waals surface area contributed by atoms with E-state index >= 15 is 0 Å². The van der Waals surface area contributed by atoms with E-state index in [9.17, 15) is 0 Å². The Hall–Kier alpha value is 0.644. The molecule has 14 heavy (non-hydrogen) atoms. The van der Waals surface area contributed by atoms with Gasteiger partial charge in [-0.1, -0.05) is 26.9 Å². The molecule has 0 saturated carbocycles. The van der Waals surface area contributed by atoms with E-state index in [0.717, 1.165) is 18.7 Å². The molecule has 0 heterocycles. The van der Waals surface area contributed by atoms with Gasteiger partial charge in [-0.2, -0.15) is 0 Å². The average Bonchev–Trinajstić information content (AvgIpc) is 2.14. The third-order valence-corrected chi connectivity index (χ3v) is 3.77. The maximum Gasteiger partial charge on any atom is 0.161 e. The maximum absolute atomic E-state index is 5.75. The van der Waals surface area contributed by atoms with Gasteiger partial charge in [-0.3, -0.25) is 0 Å². The smallest absolute Gasteiger partial charge is 0.161 e. The van der Waals surface area contributed by atoms with Crippen molar-refractivity contribution in [3.05, 3.63) is 0 Å². The first kappa shape index (κ1) is 14.6. The van der Waals surface area contributed by atoms with Crippen molar-refractivity contribution in [3.63, 3.8) is 0 Å². The summed E-state index contributed by atoms with van der Waals surface area (Å²) < 4.78 is 11.5. The molecule has 86 valence electrons. The largest absolute Gasteiger partial charge is 0.400 e. The van der Waals surface area contributed by atoms with E-state index in [1.54, 1.807) is 0 Å². The summed E-state index contributed by atoms with van der Waals surface area (Å²) in [6, 6.07) is 0. The highest BCUT2D eigenvalue weighted by Crippen LogP contribution is 2.29. The van der Waals surface area contributed by atoms with E-state index in [1.807, 2.05) is 0 Å². The minimum atomic E-state index is -0.393. The molecule has 0 rings (SSSR count). The van der Waals surface area contributed by atoms with Crippen molar-refractivity contribution >= 4 is 31.1 Å². The van der Waals surface area contributed by atoms with Crippen molar-refractivity contribution in [1.82, 2.24) is 0 Å². The molecule has 0 aliphatic rings. The van der Waals surface area contributed by atoms with Crippen LogP contribution in [0.1, 0.15) is 26.7 Å². The van der Waals surface area contributed by atoms with Gasteiger partial charge in [0, 0.05) is 11.3 Å². The van der Waals surface area contributed by atoms with E-state index in [-0.39, 0.29) is 11.7 Å². The Labute approximate surface area is 97.6 Å². The van der Waals surface area contributed by atoms with E-state index in [2.05, 4.69) is 26.9 Å². The summed E-state index contributed by atoms with van der Waals surface area (Å²) in [6.07, 6.45) is 2.12. The van der Waals surface area contributed by atoms with Crippen LogP contribution in [0.5, 0.6) is 0 Å². The standard InChI is InChI=1S/C9H23ClO2Si2/c1-9(2,6-5-7-10)8(11-13-3)12-14-4/h8H,5-7,13-14H2,1-4H3. The van der Waals surface area contributed by atoms with Gasteiger partial charge in [0.05, 0.1) is 0 Å². The minimum Gasteiger partial charge on any atom is -0.400 e. The predicted molar refractivity (Wildman–Crippen MR) is 68.5 cm³/mol. The molecule has 0 atom stereocenters. The molecule has 0 radical (unpaired) electrons. The van der Waals surface area contributed by atoms with Crippen LogP contribution >= 0.6 is 11.6 Å². The lowest BCUT2D eigenvalue weighted by Crippen LogP contribution is -2.36. The van der Waals surface area contributed by atoms with Crippen LogP contribution in [-0.4, -0.2) is 31.7 Å². The lowest BCUT2D eigenvalue weighted by molar-refractivity contribution is -0.0820. The first-order valence-electron chi connectivity index (χ1n) is 5.37. The quantitative estimate of drug-likeness (QED) is 0.373. The van der Waals surface area contributed by atoms with Gasteiger partial charge >= 0.3 is 0 Å². The summed E-state index contributed by atoms with van der Waals surface area (Å²) in [5, 5.41) is 0. The molecule has 5 heteroatoms. The van der Waals surface area contributed by atoms with Crippen molar-refractivity contribution in [1.29, 1.82) is 0 Å². The Bertz CT molecular complexity index is 139. The maximum atomic E-state index is 5.75. The molecular weight excluding hydrogens is 232 g/mol. The lowest BCUT2D eigenvalue weighted by Gasteiger charge is -2.34. The van der Waals surface area contributed by atoms with Crippen molar-refractivity contribution < 1.29 is 8.85 Å². The molecule has 2 nitrogen and oxygen atoms in total. The van der Waals surface area contributed by atoms with Gasteiger partial charge < -0.3 is 8.85 Å². The van der Waals surface area contributed by atoms with Crippen LogP contribution in [0, 0.1) is 5.41 Å². The van der Waals surface area contributed by atoms with Crippen LogP contribution in [0.3, 0.4) is 0 Å². The Balaban J connectivity index is 4.13. The normalized spacial score (nSPS) is 16.1. The molecule has 0 aliphatic heterocycles. The Morgan fingerprint density at radius 1 is 1.21 bits per heavy atom. The molecule has 0 saturated heterocycles. The van der Waals surface area contributed by atoms with Gasteiger partial charge in [0.2, 0.25) is 0 Å². The van der Waals surface area contributed by atoms with Gasteiger partial charge in [0.15, 0.2) is 19.5 Å². The molecule has 0 aromatic carbocycles. The fourth-order valence-electron chi connectivity index (χ4n) is 1.44. The summed E-state index contributed by atoms with van der Waals surface area (Å²) in [7, 11) is -0.785. The summed E-state index contributed by atoms with van der Waals surface area (Å²) in [5.74, 6) is 0.725. The van der Waals surface area contributed by atoms with E-state index < -0.39 is 19.5 Å². The van der Waals surface area contributed by atoms with Crippen LogP contribution in [0.2, 0.25) is 13.1 Å². The van der Waals surface area contributed by atoms with Crippen molar-refractivity contribution in [2.75, 3.05) is 5.88 Å². The van der Waals surface area contributed by atoms with E-state index in [0.29, 0.717) is 0 Å². The first-order chi connectivity index (χ1) is 6.58. The zero-order valence-corrected chi connectivity index (χ0v) is 13.4. The molecule has 0 N–H and O–H groups in total. The number of alkyl halides is 1. The second-order valence-electron chi connectivity index (χ2n) is 4.02. The highest BCUT2D eigenvalue weighted by molar-refractivity contribution is 6.26. The van der Waals surface area contributed by atoms with Gasteiger partial charge in [-0.05, 0) is 12.8 Å². The van der Waals surface area contributed by atoms with Gasteiger partial charge in [-0.15, -0.1) is 11.6 Å². The predicted octanol–water partition coefficient (Wildman–Crippen LogP) is 1.65. The number of halogens is 1. The van der Waals surface area contributed by atoms with Crippen molar-refractivity contribution in [3.8, 4) is 0 Å². The molecule has 0 fully saturated rings. The summed E-state index contributed by atoms with van der Waals surface area (Å²) in [4.78, 5) is 0.